The van der Waals surface area contributed by atoms with Crippen LogP contribution in [0.3, 0.4) is 0 Å². The van der Waals surface area contributed by atoms with Crippen LogP contribution >= 0.6 is 0 Å². The Morgan fingerprint density at radius 1 is 0.952 bits per heavy atom. The van der Waals surface area contributed by atoms with Crippen LogP contribution in [0.4, 0.5) is 0 Å². The van der Waals surface area contributed by atoms with Gasteiger partial charge < -0.3 is 5.32 Å². The van der Waals surface area contributed by atoms with E-state index in [-0.39, 0.29) is 0 Å². The Bertz CT molecular complexity index is 702. The molecule has 1 unspecified atom stereocenters. The van der Waals surface area contributed by atoms with Crippen molar-refractivity contribution >= 4 is 10.9 Å². The van der Waals surface area contributed by atoms with Crippen LogP contribution in [-0.2, 0) is 6.42 Å². The van der Waals surface area contributed by atoms with Gasteiger partial charge in [-0.15, -0.1) is 0 Å². The predicted molar refractivity (Wildman–Crippen MR) is 88.3 cm³/mol. The van der Waals surface area contributed by atoms with E-state index >= 15 is 0 Å². The number of nitrogens with zero attached hydrogens (tertiary/aromatic N) is 1. The van der Waals surface area contributed by atoms with Gasteiger partial charge in [0.05, 0.1) is 5.52 Å². The number of aromatic nitrogens is 1. The zero-order valence-electron chi connectivity index (χ0n) is 12.3. The van der Waals surface area contributed by atoms with E-state index in [4.69, 9.17) is 0 Å². The molecule has 3 aromatic rings. The minimum Gasteiger partial charge on any atom is -0.313 e. The molecule has 0 fully saturated rings. The Kier molecular flexibility index (Phi) is 4.27. The second-order valence-electron chi connectivity index (χ2n) is 5.28. The highest BCUT2D eigenvalue weighted by Crippen LogP contribution is 2.25. The highest BCUT2D eigenvalue weighted by Gasteiger charge is 2.12. The van der Waals surface area contributed by atoms with Gasteiger partial charge in [-0.1, -0.05) is 48.5 Å². The Morgan fingerprint density at radius 3 is 2.52 bits per heavy atom. The first kappa shape index (κ1) is 13.8. The second-order valence-corrected chi connectivity index (χ2v) is 5.28. The topological polar surface area (TPSA) is 24.9 Å². The zero-order valence-corrected chi connectivity index (χ0v) is 12.3. The lowest BCUT2D eigenvalue weighted by atomic mass is 9.96. The van der Waals surface area contributed by atoms with Gasteiger partial charge in [-0.25, -0.2) is 0 Å². The third-order valence-corrected chi connectivity index (χ3v) is 3.97. The molecule has 1 N–H and O–H groups in total. The fourth-order valence-corrected chi connectivity index (χ4v) is 2.83. The average Bonchev–Trinajstić information content (AvgIpc) is 2.56. The highest BCUT2D eigenvalue weighted by molar-refractivity contribution is 5.82. The summed E-state index contributed by atoms with van der Waals surface area (Å²) in [6, 6.07) is 21.5. The van der Waals surface area contributed by atoms with Crippen LogP contribution in [0.25, 0.3) is 10.9 Å². The molecular weight excluding hydrogens is 256 g/mol. The minimum atomic E-state index is 0.345. The number of hydrogen-bond donors (Lipinski definition) is 1. The van der Waals surface area contributed by atoms with Crippen LogP contribution in [0, 0.1) is 0 Å². The van der Waals surface area contributed by atoms with Crippen LogP contribution in [0.1, 0.15) is 23.6 Å². The number of benzene rings is 2. The molecule has 0 aliphatic rings. The predicted octanol–water partition coefficient (Wildman–Crippen LogP) is 4.13. The van der Waals surface area contributed by atoms with Crippen LogP contribution in [0.2, 0.25) is 0 Å². The maximum Gasteiger partial charge on any atom is 0.0705 e. The lowest BCUT2D eigenvalue weighted by Crippen LogP contribution is -2.17. The van der Waals surface area contributed by atoms with Gasteiger partial charge in [0.2, 0.25) is 0 Å². The van der Waals surface area contributed by atoms with E-state index in [9.17, 15) is 0 Å². The normalized spacial score (nSPS) is 12.4. The first-order valence-corrected chi connectivity index (χ1v) is 7.43. The van der Waals surface area contributed by atoms with Gasteiger partial charge in [-0.05, 0) is 43.1 Å². The molecule has 0 spiro atoms. The quantitative estimate of drug-likeness (QED) is 0.758. The molecule has 0 amide bonds. The Hall–Kier alpha value is -2.19. The molecule has 2 heteroatoms. The fourth-order valence-electron chi connectivity index (χ4n) is 2.83. The standard InChI is InChI=1S/C19H20N2/c1-20-18(12-11-15-7-3-2-4-8-15)17-13-14-21-19-10-6-5-9-16(17)19/h2-10,13-14,18,20H,11-12H2,1H3. The van der Waals surface area contributed by atoms with E-state index in [2.05, 4.69) is 64.9 Å². The lowest BCUT2D eigenvalue weighted by Gasteiger charge is -2.18. The van der Waals surface area contributed by atoms with E-state index in [1.807, 2.05) is 19.3 Å². The van der Waals surface area contributed by atoms with E-state index in [0.717, 1.165) is 18.4 Å². The molecule has 1 heterocycles. The van der Waals surface area contributed by atoms with Crippen molar-refractivity contribution in [2.75, 3.05) is 7.05 Å². The van der Waals surface area contributed by atoms with Crippen LogP contribution in [0.15, 0.2) is 66.9 Å². The van der Waals surface area contributed by atoms with Crippen molar-refractivity contribution in [3.63, 3.8) is 0 Å². The summed E-state index contributed by atoms with van der Waals surface area (Å²) in [6.07, 6.45) is 4.06. The van der Waals surface area contributed by atoms with Gasteiger partial charge in [0, 0.05) is 17.6 Å². The average molecular weight is 276 g/mol. The van der Waals surface area contributed by atoms with Crippen molar-refractivity contribution in [2.45, 2.75) is 18.9 Å². The summed E-state index contributed by atoms with van der Waals surface area (Å²) in [5.41, 5.74) is 3.78. The molecule has 3 rings (SSSR count). The molecule has 1 aromatic heterocycles. The van der Waals surface area contributed by atoms with E-state index in [1.165, 1.54) is 16.5 Å². The lowest BCUT2D eigenvalue weighted by molar-refractivity contribution is 0.552. The largest absolute Gasteiger partial charge is 0.313 e. The molecule has 2 aromatic carbocycles. The molecule has 0 bridgehead atoms. The number of aryl methyl sites for hydroxylation is 1. The summed E-state index contributed by atoms with van der Waals surface area (Å²) < 4.78 is 0. The smallest absolute Gasteiger partial charge is 0.0705 e. The molecule has 2 nitrogen and oxygen atoms in total. The summed E-state index contributed by atoms with van der Waals surface area (Å²) in [7, 11) is 2.03. The molecule has 1 atom stereocenters. The van der Waals surface area contributed by atoms with Gasteiger partial charge >= 0.3 is 0 Å². The maximum atomic E-state index is 4.45. The SMILES string of the molecule is CNC(CCc1ccccc1)c1ccnc2ccccc12. The van der Waals surface area contributed by atoms with Crippen molar-refractivity contribution < 1.29 is 0 Å². The number of rotatable bonds is 5. The van der Waals surface area contributed by atoms with Gasteiger partial charge in [0.1, 0.15) is 0 Å². The van der Waals surface area contributed by atoms with Crippen molar-refractivity contribution in [3.05, 3.63) is 78.0 Å². The second kappa shape index (κ2) is 6.51. The summed E-state index contributed by atoms with van der Waals surface area (Å²) >= 11 is 0. The zero-order chi connectivity index (χ0) is 14.5. The highest BCUT2D eigenvalue weighted by atomic mass is 14.9. The monoisotopic (exact) mass is 276 g/mol. The summed E-state index contributed by atoms with van der Waals surface area (Å²) in [6.45, 7) is 0. The van der Waals surface area contributed by atoms with E-state index in [1.54, 1.807) is 0 Å². The number of hydrogen-bond acceptors (Lipinski definition) is 2. The Balaban J connectivity index is 1.85. The molecule has 0 aliphatic carbocycles. The maximum absolute atomic E-state index is 4.45. The molecule has 0 saturated heterocycles. The van der Waals surface area contributed by atoms with Gasteiger partial charge in [-0.3, -0.25) is 4.98 Å². The van der Waals surface area contributed by atoms with Gasteiger partial charge in [-0.2, -0.15) is 0 Å². The third kappa shape index (κ3) is 3.11. The molecule has 0 radical (unpaired) electrons. The van der Waals surface area contributed by atoms with Crippen LogP contribution in [-0.4, -0.2) is 12.0 Å². The van der Waals surface area contributed by atoms with E-state index < -0.39 is 0 Å². The summed E-state index contributed by atoms with van der Waals surface area (Å²) in [5.74, 6) is 0. The van der Waals surface area contributed by atoms with Crippen molar-refractivity contribution in [1.29, 1.82) is 0 Å². The minimum absolute atomic E-state index is 0.345. The Labute approximate surface area is 125 Å². The first-order valence-electron chi connectivity index (χ1n) is 7.43. The molecule has 106 valence electrons. The number of nitrogens with one attached hydrogen (secondary N) is 1. The number of fused-ring (bicyclic) bond motifs is 1. The van der Waals surface area contributed by atoms with Crippen LogP contribution in [0.5, 0.6) is 0 Å². The molecular formula is C19H20N2. The number of pyridine rings is 1. The molecule has 0 aliphatic heterocycles. The summed E-state index contributed by atoms with van der Waals surface area (Å²) in [4.78, 5) is 4.45. The molecule has 0 saturated carbocycles. The van der Waals surface area contributed by atoms with Crippen molar-refractivity contribution in [2.24, 2.45) is 0 Å². The van der Waals surface area contributed by atoms with E-state index in [0.29, 0.717) is 6.04 Å². The van der Waals surface area contributed by atoms with Gasteiger partial charge in [0.25, 0.3) is 0 Å². The van der Waals surface area contributed by atoms with Crippen LogP contribution < -0.4 is 5.32 Å². The van der Waals surface area contributed by atoms with Gasteiger partial charge in [0.15, 0.2) is 0 Å². The van der Waals surface area contributed by atoms with Crippen molar-refractivity contribution in [3.8, 4) is 0 Å². The fraction of sp³-hybridized carbons (Fsp3) is 0.211. The third-order valence-electron chi connectivity index (χ3n) is 3.97. The molecule has 21 heavy (non-hydrogen) atoms. The summed E-state index contributed by atoms with van der Waals surface area (Å²) in [5, 5.41) is 4.70. The Morgan fingerprint density at radius 2 is 1.71 bits per heavy atom. The van der Waals surface area contributed by atoms with Crippen molar-refractivity contribution in [1.82, 2.24) is 10.3 Å². The first-order chi connectivity index (χ1) is 10.4. The number of para-hydroxylation sites is 1.